The van der Waals surface area contributed by atoms with E-state index in [1.54, 1.807) is 6.07 Å². The third-order valence-corrected chi connectivity index (χ3v) is 4.75. The average molecular weight is 397 g/mol. The monoisotopic (exact) mass is 397 g/mol. The first-order valence-electron chi connectivity index (χ1n) is 9.33. The number of benzene rings is 2. The van der Waals surface area contributed by atoms with Gasteiger partial charge in [-0.1, -0.05) is 30.3 Å². The molecule has 7 nitrogen and oxygen atoms in total. The van der Waals surface area contributed by atoms with Gasteiger partial charge in [0, 0.05) is 26.3 Å². The quantitative estimate of drug-likeness (QED) is 0.626. The van der Waals surface area contributed by atoms with Crippen molar-refractivity contribution < 1.29 is 28.6 Å². The lowest BCUT2D eigenvalue weighted by molar-refractivity contribution is -0.134. The van der Waals surface area contributed by atoms with Crippen LogP contribution in [-0.2, 0) is 20.7 Å². The molecule has 0 saturated heterocycles. The molecule has 1 aliphatic heterocycles. The van der Waals surface area contributed by atoms with Crippen molar-refractivity contribution in [2.75, 3.05) is 20.2 Å². The number of esters is 3. The zero-order valence-electron chi connectivity index (χ0n) is 16.6. The number of carbonyl (C=O) groups is 3. The normalized spacial score (nSPS) is 15.6. The molecular weight excluding hydrogens is 374 g/mol. The van der Waals surface area contributed by atoms with Gasteiger partial charge in [-0.3, -0.25) is 9.59 Å². The Balaban J connectivity index is 2.31. The molecule has 152 valence electrons. The summed E-state index contributed by atoms with van der Waals surface area (Å²) in [4.78, 5) is 36.1. The summed E-state index contributed by atoms with van der Waals surface area (Å²) in [6, 6.07) is 11.5. The highest BCUT2D eigenvalue weighted by atomic mass is 16.6. The highest BCUT2D eigenvalue weighted by molar-refractivity contribution is 5.97. The van der Waals surface area contributed by atoms with E-state index in [1.807, 2.05) is 30.3 Å². The largest absolute Gasteiger partial charge is 0.465 e. The van der Waals surface area contributed by atoms with Crippen LogP contribution in [0.25, 0.3) is 0 Å². The van der Waals surface area contributed by atoms with Gasteiger partial charge >= 0.3 is 17.9 Å². The van der Waals surface area contributed by atoms with E-state index in [4.69, 9.17) is 14.2 Å². The average Bonchev–Trinajstić information content (AvgIpc) is 2.90. The second-order valence-corrected chi connectivity index (χ2v) is 6.74. The molecule has 1 aliphatic rings. The Labute approximate surface area is 169 Å². The zero-order chi connectivity index (χ0) is 21.0. The van der Waals surface area contributed by atoms with Gasteiger partial charge in [-0.25, -0.2) is 4.79 Å². The smallest absolute Gasteiger partial charge is 0.342 e. The first kappa shape index (κ1) is 20.5. The molecule has 1 heterocycles. The van der Waals surface area contributed by atoms with Crippen LogP contribution in [0.2, 0.25) is 0 Å². The van der Waals surface area contributed by atoms with Crippen molar-refractivity contribution in [2.24, 2.45) is 0 Å². The number of ether oxygens (including phenoxy) is 3. The number of nitrogens with one attached hydrogen (secondary N) is 1. The molecule has 7 heteroatoms. The lowest BCUT2D eigenvalue weighted by Crippen LogP contribution is -2.20. The number of methoxy groups -OCH3 is 1. The van der Waals surface area contributed by atoms with Gasteiger partial charge in [0.25, 0.3) is 0 Å². The van der Waals surface area contributed by atoms with Crippen LogP contribution in [0.15, 0.2) is 36.4 Å². The number of fused-ring (bicyclic) bond motifs is 1. The van der Waals surface area contributed by atoms with Crippen molar-refractivity contribution in [3.8, 4) is 11.5 Å². The fourth-order valence-electron chi connectivity index (χ4n) is 3.62. The molecule has 1 unspecified atom stereocenters. The van der Waals surface area contributed by atoms with Crippen LogP contribution in [0, 0.1) is 0 Å². The van der Waals surface area contributed by atoms with E-state index in [9.17, 15) is 14.4 Å². The summed E-state index contributed by atoms with van der Waals surface area (Å²) in [5.74, 6) is -2.02. The second-order valence-electron chi connectivity index (χ2n) is 6.74. The molecule has 0 radical (unpaired) electrons. The summed E-state index contributed by atoms with van der Waals surface area (Å²) in [7, 11) is 1.26. The van der Waals surface area contributed by atoms with Crippen molar-refractivity contribution in [3.05, 3.63) is 58.7 Å². The summed E-state index contributed by atoms with van der Waals surface area (Å²) >= 11 is 0. The molecule has 29 heavy (non-hydrogen) atoms. The summed E-state index contributed by atoms with van der Waals surface area (Å²) in [5, 5.41) is 3.38. The van der Waals surface area contributed by atoms with Gasteiger partial charge in [0.05, 0.1) is 7.11 Å². The third kappa shape index (κ3) is 4.46. The molecule has 0 fully saturated rings. The molecule has 1 atom stereocenters. The van der Waals surface area contributed by atoms with Gasteiger partial charge < -0.3 is 19.5 Å². The number of carbonyl (C=O) groups excluding carboxylic acids is 3. The highest BCUT2D eigenvalue weighted by Crippen LogP contribution is 2.42. The van der Waals surface area contributed by atoms with Crippen molar-refractivity contribution in [1.29, 1.82) is 0 Å². The summed E-state index contributed by atoms with van der Waals surface area (Å²) in [6.07, 6.45) is 0.526. The number of hydrogen-bond donors (Lipinski definition) is 1. The standard InChI is InChI=1S/C22H23NO6/c1-13(24)28-19-11-17-16(20(22(26)27-3)21(19)29-14(2)25)9-10-23-12-18(17)15-7-5-4-6-8-15/h4-8,11,18,23H,9-10,12H2,1-3H3. The maximum atomic E-state index is 12.7. The topological polar surface area (TPSA) is 90.9 Å². The van der Waals surface area contributed by atoms with E-state index >= 15 is 0 Å². The molecule has 0 amide bonds. The van der Waals surface area contributed by atoms with E-state index in [0.717, 1.165) is 11.1 Å². The molecule has 0 aromatic heterocycles. The van der Waals surface area contributed by atoms with Gasteiger partial charge in [-0.15, -0.1) is 0 Å². The molecule has 2 aromatic carbocycles. The Kier molecular flexibility index (Phi) is 6.29. The Bertz CT molecular complexity index is 938. The lowest BCUT2D eigenvalue weighted by atomic mass is 9.85. The third-order valence-electron chi connectivity index (χ3n) is 4.75. The number of rotatable bonds is 4. The molecular formula is C22H23NO6. The van der Waals surface area contributed by atoms with Crippen LogP contribution < -0.4 is 14.8 Å². The Morgan fingerprint density at radius 3 is 2.34 bits per heavy atom. The highest BCUT2D eigenvalue weighted by Gasteiger charge is 2.32. The number of hydrogen-bond acceptors (Lipinski definition) is 7. The van der Waals surface area contributed by atoms with Gasteiger partial charge in [0.15, 0.2) is 11.5 Å². The predicted octanol–water partition coefficient (Wildman–Crippen LogP) is 2.60. The zero-order valence-corrected chi connectivity index (χ0v) is 16.6. The second kappa shape index (κ2) is 8.87. The fourth-order valence-corrected chi connectivity index (χ4v) is 3.62. The first-order chi connectivity index (χ1) is 13.9. The molecule has 0 bridgehead atoms. The minimum absolute atomic E-state index is 0.0229. The maximum Gasteiger partial charge on any atom is 0.342 e. The first-order valence-corrected chi connectivity index (χ1v) is 9.33. The fraction of sp³-hybridized carbons (Fsp3) is 0.318. The predicted molar refractivity (Wildman–Crippen MR) is 105 cm³/mol. The Morgan fingerprint density at radius 2 is 1.72 bits per heavy atom. The van der Waals surface area contributed by atoms with E-state index in [1.165, 1.54) is 21.0 Å². The van der Waals surface area contributed by atoms with Crippen LogP contribution in [0.3, 0.4) is 0 Å². The minimum Gasteiger partial charge on any atom is -0.465 e. The summed E-state index contributed by atoms with van der Waals surface area (Å²) < 4.78 is 15.6. The van der Waals surface area contributed by atoms with Gasteiger partial charge in [0.2, 0.25) is 0 Å². The molecule has 0 spiro atoms. The van der Waals surface area contributed by atoms with Crippen LogP contribution in [0.1, 0.15) is 46.8 Å². The van der Waals surface area contributed by atoms with Crippen LogP contribution in [0.4, 0.5) is 0 Å². The van der Waals surface area contributed by atoms with Crippen LogP contribution >= 0.6 is 0 Å². The van der Waals surface area contributed by atoms with Crippen molar-refractivity contribution in [3.63, 3.8) is 0 Å². The van der Waals surface area contributed by atoms with Gasteiger partial charge in [-0.2, -0.15) is 0 Å². The maximum absolute atomic E-state index is 12.7. The van der Waals surface area contributed by atoms with E-state index in [-0.39, 0.29) is 23.0 Å². The molecule has 3 rings (SSSR count). The van der Waals surface area contributed by atoms with Gasteiger partial charge in [-0.05, 0) is 35.7 Å². The van der Waals surface area contributed by atoms with Crippen molar-refractivity contribution in [1.82, 2.24) is 5.32 Å². The molecule has 0 saturated carbocycles. The molecule has 1 N–H and O–H groups in total. The summed E-state index contributed by atoms with van der Waals surface area (Å²) in [5.41, 5.74) is 2.70. The minimum atomic E-state index is -0.653. The molecule has 0 aliphatic carbocycles. The van der Waals surface area contributed by atoms with E-state index < -0.39 is 17.9 Å². The van der Waals surface area contributed by atoms with Crippen molar-refractivity contribution in [2.45, 2.75) is 26.2 Å². The Morgan fingerprint density at radius 1 is 1.03 bits per heavy atom. The Hall–Kier alpha value is -3.19. The van der Waals surface area contributed by atoms with Gasteiger partial charge in [0.1, 0.15) is 5.56 Å². The molecule has 2 aromatic rings. The van der Waals surface area contributed by atoms with E-state index in [0.29, 0.717) is 25.1 Å². The summed E-state index contributed by atoms with van der Waals surface area (Å²) in [6.45, 7) is 3.74. The SMILES string of the molecule is COC(=O)c1c2c(cc(OC(C)=O)c1OC(C)=O)C(c1ccccc1)CNCC2. The van der Waals surface area contributed by atoms with Crippen LogP contribution in [-0.4, -0.2) is 38.1 Å². The van der Waals surface area contributed by atoms with Crippen LogP contribution in [0.5, 0.6) is 11.5 Å². The lowest BCUT2D eigenvalue weighted by Gasteiger charge is -2.23. The van der Waals surface area contributed by atoms with E-state index in [2.05, 4.69) is 5.32 Å². The van der Waals surface area contributed by atoms with Crippen molar-refractivity contribution >= 4 is 17.9 Å².